The van der Waals surface area contributed by atoms with Gasteiger partial charge in [0.2, 0.25) is 0 Å². The molecule has 0 spiro atoms. The predicted molar refractivity (Wildman–Crippen MR) is 110 cm³/mol. The summed E-state index contributed by atoms with van der Waals surface area (Å²) < 4.78 is 2.26. The minimum Gasteiger partial charge on any atom is -0.506 e. The third-order valence-electron chi connectivity index (χ3n) is 5.40. The third-order valence-corrected chi connectivity index (χ3v) is 5.40. The highest BCUT2D eigenvalue weighted by molar-refractivity contribution is 5.92. The molecule has 1 atom stereocenters. The van der Waals surface area contributed by atoms with Crippen molar-refractivity contribution in [1.29, 1.82) is 0 Å². The molecule has 8 heteroatoms. The molecule has 3 aromatic rings. The van der Waals surface area contributed by atoms with Gasteiger partial charge < -0.3 is 25.1 Å². The number of pyridine rings is 1. The number of nitrogens with one attached hydrogen (secondary N) is 2. The standard InChI is InChI=1S/C20H21N3O4.ClH/c1-3-14-17(22-19(25)16(18(14)24)20(26)27)11-5-4-10-6-13-8-12(21-2)9-23(13)15(10)7-11;/h4-7,12,21H,3,8-9H2,1-2H3,(H,26,27)(H2,22,24,25);1H. The fourth-order valence-corrected chi connectivity index (χ4v) is 4.00. The number of nitrogens with zero attached hydrogens (tertiary/aromatic N) is 1. The monoisotopic (exact) mass is 403 g/mol. The van der Waals surface area contributed by atoms with Crippen molar-refractivity contribution in [3.05, 3.63) is 51.4 Å². The van der Waals surface area contributed by atoms with Crippen LogP contribution in [0.4, 0.5) is 0 Å². The first-order valence-corrected chi connectivity index (χ1v) is 8.95. The molecule has 1 unspecified atom stereocenters. The van der Waals surface area contributed by atoms with E-state index in [1.165, 1.54) is 5.69 Å². The van der Waals surface area contributed by atoms with E-state index in [-0.39, 0.29) is 12.4 Å². The maximum atomic E-state index is 12.2. The topological polar surface area (TPSA) is 107 Å². The largest absolute Gasteiger partial charge is 0.506 e. The lowest BCUT2D eigenvalue weighted by molar-refractivity contribution is 0.0691. The van der Waals surface area contributed by atoms with Crippen LogP contribution < -0.4 is 10.9 Å². The first-order valence-electron chi connectivity index (χ1n) is 8.95. The summed E-state index contributed by atoms with van der Waals surface area (Å²) in [6, 6.07) is 8.44. The summed E-state index contributed by atoms with van der Waals surface area (Å²) in [4.78, 5) is 26.2. The summed E-state index contributed by atoms with van der Waals surface area (Å²) in [6.45, 7) is 2.69. The SMILES string of the molecule is CCc1c(-c2ccc3cc4n(c3c2)CC(NC)C4)[nH]c(=O)c(C(=O)O)c1O.Cl. The Balaban J connectivity index is 0.00000225. The Morgan fingerprint density at radius 3 is 2.75 bits per heavy atom. The van der Waals surface area contributed by atoms with Crippen LogP contribution in [0.15, 0.2) is 29.1 Å². The Bertz CT molecular complexity index is 1130. The second-order valence-electron chi connectivity index (χ2n) is 6.90. The van der Waals surface area contributed by atoms with Crippen LogP contribution in [0.25, 0.3) is 22.2 Å². The molecule has 2 aromatic heterocycles. The van der Waals surface area contributed by atoms with Gasteiger partial charge in [0.1, 0.15) is 5.75 Å². The Kier molecular flexibility index (Phi) is 5.23. The summed E-state index contributed by atoms with van der Waals surface area (Å²) in [6.07, 6.45) is 1.36. The molecule has 1 aliphatic rings. The summed E-state index contributed by atoms with van der Waals surface area (Å²) in [7, 11) is 1.95. The number of halogens is 1. The van der Waals surface area contributed by atoms with E-state index < -0.39 is 22.8 Å². The molecule has 0 saturated carbocycles. The van der Waals surface area contributed by atoms with Crippen molar-refractivity contribution in [1.82, 2.24) is 14.9 Å². The van der Waals surface area contributed by atoms with Gasteiger partial charge in [0, 0.05) is 41.3 Å². The number of aromatic nitrogens is 2. The van der Waals surface area contributed by atoms with Gasteiger partial charge in [0.25, 0.3) is 5.56 Å². The number of likely N-dealkylation sites (N-methyl/N-ethyl adjacent to an activating group) is 1. The van der Waals surface area contributed by atoms with Crippen molar-refractivity contribution in [2.24, 2.45) is 0 Å². The van der Waals surface area contributed by atoms with Gasteiger partial charge in [-0.25, -0.2) is 4.79 Å². The molecule has 148 valence electrons. The highest BCUT2D eigenvalue weighted by atomic mass is 35.5. The molecule has 4 N–H and O–H groups in total. The normalized spacial score (nSPS) is 15.4. The molecule has 1 aromatic carbocycles. The molecule has 0 radical (unpaired) electrons. The van der Waals surface area contributed by atoms with Crippen LogP contribution in [-0.2, 0) is 19.4 Å². The van der Waals surface area contributed by atoms with Gasteiger partial charge in [0.15, 0.2) is 5.56 Å². The van der Waals surface area contributed by atoms with Crippen molar-refractivity contribution in [3.63, 3.8) is 0 Å². The van der Waals surface area contributed by atoms with E-state index in [1.54, 1.807) is 0 Å². The summed E-state index contributed by atoms with van der Waals surface area (Å²) in [5, 5.41) is 24.0. The van der Waals surface area contributed by atoms with Gasteiger partial charge in [-0.05, 0) is 31.0 Å². The number of aromatic hydroxyl groups is 1. The fraction of sp³-hybridized carbons (Fsp3) is 0.300. The van der Waals surface area contributed by atoms with Gasteiger partial charge >= 0.3 is 5.97 Å². The third kappa shape index (κ3) is 2.96. The van der Waals surface area contributed by atoms with Crippen LogP contribution in [0.2, 0.25) is 0 Å². The first kappa shape index (κ1) is 20.0. The zero-order chi connectivity index (χ0) is 19.3. The lowest BCUT2D eigenvalue weighted by atomic mass is 9.99. The fourth-order valence-electron chi connectivity index (χ4n) is 4.00. The first-order chi connectivity index (χ1) is 12.9. The van der Waals surface area contributed by atoms with Gasteiger partial charge in [-0.2, -0.15) is 0 Å². The van der Waals surface area contributed by atoms with E-state index in [2.05, 4.69) is 20.9 Å². The van der Waals surface area contributed by atoms with E-state index >= 15 is 0 Å². The van der Waals surface area contributed by atoms with Crippen molar-refractivity contribution in [2.75, 3.05) is 7.05 Å². The second kappa shape index (κ2) is 7.33. The smallest absolute Gasteiger partial charge is 0.345 e. The number of H-pyrrole nitrogens is 1. The number of benzene rings is 1. The number of carbonyl (C=O) groups is 1. The van der Waals surface area contributed by atoms with E-state index in [4.69, 9.17) is 0 Å². The van der Waals surface area contributed by atoms with Gasteiger partial charge in [0.05, 0.1) is 5.69 Å². The summed E-state index contributed by atoms with van der Waals surface area (Å²) in [5.41, 5.74) is 2.54. The number of hydrogen-bond acceptors (Lipinski definition) is 4. The maximum Gasteiger partial charge on any atom is 0.345 e. The molecule has 0 amide bonds. The van der Waals surface area contributed by atoms with E-state index in [1.807, 2.05) is 32.2 Å². The number of aromatic amines is 1. The van der Waals surface area contributed by atoms with Crippen LogP contribution in [0.5, 0.6) is 5.75 Å². The Morgan fingerprint density at radius 2 is 2.11 bits per heavy atom. The Morgan fingerprint density at radius 1 is 1.36 bits per heavy atom. The molecular weight excluding hydrogens is 382 g/mol. The lowest BCUT2D eigenvalue weighted by Gasteiger charge is -2.13. The minimum atomic E-state index is -1.44. The molecule has 0 saturated heterocycles. The van der Waals surface area contributed by atoms with Crippen molar-refractivity contribution in [3.8, 4) is 17.0 Å². The van der Waals surface area contributed by atoms with Crippen LogP contribution >= 0.6 is 12.4 Å². The highest BCUT2D eigenvalue weighted by Gasteiger charge is 2.24. The van der Waals surface area contributed by atoms with Gasteiger partial charge in [-0.1, -0.05) is 19.1 Å². The quantitative estimate of drug-likeness (QED) is 0.535. The summed E-state index contributed by atoms with van der Waals surface area (Å²) in [5.74, 6) is -1.90. The molecule has 1 aliphatic heterocycles. The molecule has 28 heavy (non-hydrogen) atoms. The predicted octanol–water partition coefficient (Wildman–Crippen LogP) is 2.53. The maximum absolute atomic E-state index is 12.2. The van der Waals surface area contributed by atoms with Crippen molar-refractivity contribution >= 4 is 29.3 Å². The number of hydrogen-bond donors (Lipinski definition) is 4. The second-order valence-corrected chi connectivity index (χ2v) is 6.90. The number of fused-ring (bicyclic) bond motifs is 3. The van der Waals surface area contributed by atoms with Gasteiger partial charge in [-0.15, -0.1) is 12.4 Å². The van der Waals surface area contributed by atoms with Crippen LogP contribution in [0, 0.1) is 0 Å². The molecule has 0 aliphatic carbocycles. The zero-order valence-electron chi connectivity index (χ0n) is 15.6. The van der Waals surface area contributed by atoms with E-state index in [9.17, 15) is 19.8 Å². The van der Waals surface area contributed by atoms with Crippen LogP contribution in [0.1, 0.15) is 28.5 Å². The average Bonchev–Trinajstić information content (AvgIpc) is 3.17. The number of carboxylic acid groups (broad SMARTS) is 1. The summed E-state index contributed by atoms with van der Waals surface area (Å²) >= 11 is 0. The highest BCUT2D eigenvalue weighted by Crippen LogP contribution is 2.33. The molecule has 3 heterocycles. The van der Waals surface area contributed by atoms with Gasteiger partial charge in [-0.3, -0.25) is 4.79 Å². The molecule has 0 bridgehead atoms. The molecule has 0 fully saturated rings. The number of aromatic carboxylic acids is 1. The molecule has 4 rings (SSSR count). The van der Waals surface area contributed by atoms with E-state index in [0.29, 0.717) is 23.7 Å². The van der Waals surface area contributed by atoms with Crippen LogP contribution in [0.3, 0.4) is 0 Å². The van der Waals surface area contributed by atoms with Crippen LogP contribution in [-0.4, -0.2) is 38.8 Å². The van der Waals surface area contributed by atoms with Crippen molar-refractivity contribution < 1.29 is 15.0 Å². The zero-order valence-corrected chi connectivity index (χ0v) is 16.4. The number of carboxylic acids is 1. The lowest BCUT2D eigenvalue weighted by Crippen LogP contribution is -2.26. The minimum absolute atomic E-state index is 0. The molecular formula is C20H22ClN3O4. The molecule has 7 nitrogen and oxygen atoms in total. The Labute approximate surface area is 167 Å². The van der Waals surface area contributed by atoms with E-state index in [0.717, 1.165) is 29.4 Å². The van der Waals surface area contributed by atoms with Crippen molar-refractivity contribution in [2.45, 2.75) is 32.4 Å². The average molecular weight is 404 g/mol. The number of rotatable bonds is 4. The Hall–Kier alpha value is -2.77.